The summed E-state index contributed by atoms with van der Waals surface area (Å²) >= 11 is 0. The molecule has 1 aromatic carbocycles. The molecule has 7 heteroatoms. The molecule has 0 fully saturated rings. The van der Waals surface area contributed by atoms with Crippen molar-refractivity contribution in [3.8, 4) is 0 Å². The van der Waals surface area contributed by atoms with Gasteiger partial charge in [0.05, 0.1) is 12.3 Å². The largest absolute Gasteiger partial charge is 0.478 e. The maximum absolute atomic E-state index is 12.0. The van der Waals surface area contributed by atoms with Gasteiger partial charge in [-0.05, 0) is 6.92 Å². The fourth-order valence-electron chi connectivity index (χ4n) is 1.83. The molecule has 0 radical (unpaired) electrons. The molecular formula is C13H16N2O4S. The summed E-state index contributed by atoms with van der Waals surface area (Å²) in [6.45, 7) is 2.83. The molecule has 108 valence electrons. The van der Waals surface area contributed by atoms with Crippen LogP contribution in [0, 0.1) is 6.92 Å². The van der Waals surface area contributed by atoms with Crippen LogP contribution in [0.15, 0.2) is 34.4 Å². The lowest BCUT2D eigenvalue weighted by atomic mass is 10.1. The molecule has 0 saturated carbocycles. The molecule has 1 aromatic rings. The summed E-state index contributed by atoms with van der Waals surface area (Å²) in [5.41, 5.74) is 1.74. The zero-order valence-electron chi connectivity index (χ0n) is 11.1. The third kappa shape index (κ3) is 3.80. The minimum atomic E-state index is -3.48. The SMILES string of the molecule is Cc1ccc(/C(CS(=O)(=O)CC2=NCCO2)=N\O)cc1. The van der Waals surface area contributed by atoms with Gasteiger partial charge in [-0.1, -0.05) is 35.0 Å². The second kappa shape index (κ2) is 6.04. The minimum absolute atomic E-state index is 0.114. The summed E-state index contributed by atoms with van der Waals surface area (Å²) in [4.78, 5) is 3.95. The quantitative estimate of drug-likeness (QED) is 0.499. The van der Waals surface area contributed by atoms with Crippen molar-refractivity contribution in [3.05, 3.63) is 35.4 Å². The van der Waals surface area contributed by atoms with E-state index in [4.69, 9.17) is 9.94 Å². The van der Waals surface area contributed by atoms with Crippen LogP contribution >= 0.6 is 0 Å². The highest BCUT2D eigenvalue weighted by atomic mass is 32.2. The Hall–Kier alpha value is -1.89. The van der Waals surface area contributed by atoms with Gasteiger partial charge in [-0.3, -0.25) is 4.99 Å². The fourth-order valence-corrected chi connectivity index (χ4v) is 3.12. The highest BCUT2D eigenvalue weighted by Crippen LogP contribution is 2.08. The highest BCUT2D eigenvalue weighted by molar-refractivity contribution is 7.92. The molecule has 1 heterocycles. The van der Waals surface area contributed by atoms with E-state index < -0.39 is 9.84 Å². The molecule has 0 aromatic heterocycles. The first-order chi connectivity index (χ1) is 9.50. The van der Waals surface area contributed by atoms with Crippen LogP contribution in [0.2, 0.25) is 0 Å². The van der Waals surface area contributed by atoms with Crippen molar-refractivity contribution < 1.29 is 18.4 Å². The molecule has 0 spiro atoms. The van der Waals surface area contributed by atoms with Gasteiger partial charge in [-0.25, -0.2) is 8.42 Å². The molecule has 0 unspecified atom stereocenters. The topological polar surface area (TPSA) is 88.3 Å². The summed E-state index contributed by atoms with van der Waals surface area (Å²) in [5.74, 6) is -0.390. The predicted molar refractivity (Wildman–Crippen MR) is 76.4 cm³/mol. The van der Waals surface area contributed by atoms with Gasteiger partial charge in [0.1, 0.15) is 18.1 Å². The summed E-state index contributed by atoms with van der Waals surface area (Å²) in [5, 5.41) is 12.1. The first-order valence-corrected chi connectivity index (χ1v) is 7.97. The molecule has 20 heavy (non-hydrogen) atoms. The molecule has 1 N–H and O–H groups in total. The molecule has 2 rings (SSSR count). The average Bonchev–Trinajstić information content (AvgIpc) is 2.89. The van der Waals surface area contributed by atoms with Crippen LogP contribution in [0.1, 0.15) is 11.1 Å². The molecule has 0 bridgehead atoms. The van der Waals surface area contributed by atoms with Crippen LogP contribution < -0.4 is 0 Å². The smallest absolute Gasteiger partial charge is 0.198 e. The zero-order chi connectivity index (χ0) is 14.6. The zero-order valence-corrected chi connectivity index (χ0v) is 11.9. The number of hydrogen-bond acceptors (Lipinski definition) is 6. The van der Waals surface area contributed by atoms with Crippen molar-refractivity contribution in [3.63, 3.8) is 0 Å². The minimum Gasteiger partial charge on any atom is -0.478 e. The molecule has 1 aliphatic heterocycles. The van der Waals surface area contributed by atoms with Gasteiger partial charge in [-0.2, -0.15) is 0 Å². The Morgan fingerprint density at radius 3 is 2.65 bits per heavy atom. The summed E-state index contributed by atoms with van der Waals surface area (Å²) in [6, 6.07) is 7.11. The second-order valence-electron chi connectivity index (χ2n) is 4.57. The van der Waals surface area contributed by atoms with Crippen LogP contribution in [-0.2, 0) is 14.6 Å². The van der Waals surface area contributed by atoms with Crippen molar-refractivity contribution in [1.82, 2.24) is 0 Å². The van der Waals surface area contributed by atoms with Crippen LogP contribution in [0.5, 0.6) is 0 Å². The Bertz CT molecular complexity index is 633. The van der Waals surface area contributed by atoms with Gasteiger partial charge < -0.3 is 9.94 Å². The molecular weight excluding hydrogens is 280 g/mol. The molecule has 1 aliphatic rings. The molecule has 0 saturated heterocycles. The third-order valence-corrected chi connectivity index (χ3v) is 4.25. The van der Waals surface area contributed by atoms with Gasteiger partial charge in [0.25, 0.3) is 0 Å². The number of aliphatic imine (C=N–C) groups is 1. The van der Waals surface area contributed by atoms with E-state index in [0.29, 0.717) is 18.7 Å². The lowest BCUT2D eigenvalue weighted by Gasteiger charge is -2.07. The summed E-state index contributed by atoms with van der Waals surface area (Å²) < 4.78 is 29.2. The van der Waals surface area contributed by atoms with E-state index in [1.807, 2.05) is 19.1 Å². The molecule has 0 amide bonds. The Kier molecular flexibility index (Phi) is 4.39. The van der Waals surface area contributed by atoms with Crippen LogP contribution in [0.25, 0.3) is 0 Å². The predicted octanol–water partition coefficient (Wildman–Crippen LogP) is 1.02. The van der Waals surface area contributed by atoms with Crippen molar-refractivity contribution in [2.45, 2.75) is 6.92 Å². The number of nitrogens with zero attached hydrogens (tertiary/aromatic N) is 2. The van der Waals surface area contributed by atoms with Gasteiger partial charge in [0, 0.05) is 5.56 Å². The third-order valence-electron chi connectivity index (χ3n) is 2.85. The maximum Gasteiger partial charge on any atom is 0.198 e. The number of ether oxygens (including phenoxy) is 1. The van der Waals surface area contributed by atoms with Gasteiger partial charge in [0.15, 0.2) is 15.7 Å². The van der Waals surface area contributed by atoms with E-state index >= 15 is 0 Å². The lowest BCUT2D eigenvalue weighted by Crippen LogP contribution is -2.24. The standard InChI is InChI=1S/C13H16N2O4S/c1-10-2-4-11(5-3-10)12(15-16)8-20(17,18)9-13-14-6-7-19-13/h2-5,16H,6-9H2,1H3/b15-12-. The number of sulfone groups is 1. The van der Waals surface area contributed by atoms with Crippen molar-refractivity contribution >= 4 is 21.4 Å². The van der Waals surface area contributed by atoms with Crippen LogP contribution in [0.3, 0.4) is 0 Å². The van der Waals surface area contributed by atoms with E-state index in [0.717, 1.165) is 5.56 Å². The van der Waals surface area contributed by atoms with E-state index in [1.54, 1.807) is 12.1 Å². The van der Waals surface area contributed by atoms with Crippen LogP contribution in [-0.4, -0.2) is 49.9 Å². The number of aryl methyl sites for hydroxylation is 1. The van der Waals surface area contributed by atoms with E-state index in [-0.39, 0.29) is 23.1 Å². The maximum atomic E-state index is 12.0. The first-order valence-electron chi connectivity index (χ1n) is 6.15. The molecule has 0 atom stereocenters. The van der Waals surface area contributed by atoms with Gasteiger partial charge in [-0.15, -0.1) is 0 Å². The van der Waals surface area contributed by atoms with E-state index in [2.05, 4.69) is 10.1 Å². The Morgan fingerprint density at radius 2 is 2.10 bits per heavy atom. The second-order valence-corrected chi connectivity index (χ2v) is 6.63. The van der Waals surface area contributed by atoms with Crippen molar-refractivity contribution in [2.75, 3.05) is 24.7 Å². The number of rotatable bonds is 5. The van der Waals surface area contributed by atoms with Gasteiger partial charge >= 0.3 is 0 Å². The van der Waals surface area contributed by atoms with Gasteiger partial charge in [0.2, 0.25) is 0 Å². The normalized spacial score (nSPS) is 15.8. The first kappa shape index (κ1) is 14.5. The fraction of sp³-hybridized carbons (Fsp3) is 0.385. The average molecular weight is 296 g/mol. The molecule has 0 aliphatic carbocycles. The number of oxime groups is 1. The number of benzene rings is 1. The highest BCUT2D eigenvalue weighted by Gasteiger charge is 2.22. The van der Waals surface area contributed by atoms with E-state index in [9.17, 15) is 8.42 Å². The molecule has 6 nitrogen and oxygen atoms in total. The Labute approximate surface area is 117 Å². The van der Waals surface area contributed by atoms with Crippen LogP contribution in [0.4, 0.5) is 0 Å². The summed E-state index contributed by atoms with van der Waals surface area (Å²) in [7, 11) is -3.48. The van der Waals surface area contributed by atoms with Crippen molar-refractivity contribution in [2.24, 2.45) is 10.1 Å². The van der Waals surface area contributed by atoms with Crippen molar-refractivity contribution in [1.29, 1.82) is 0 Å². The van der Waals surface area contributed by atoms with E-state index in [1.165, 1.54) is 0 Å². The Balaban J connectivity index is 2.11. The lowest BCUT2D eigenvalue weighted by molar-refractivity contribution is 0.319. The monoisotopic (exact) mass is 296 g/mol. The Morgan fingerprint density at radius 1 is 1.40 bits per heavy atom. The number of hydrogen-bond donors (Lipinski definition) is 1. The summed E-state index contributed by atoms with van der Waals surface area (Å²) in [6.07, 6.45) is 0.